The SMILES string of the molecule is C=C(C)C(=O)OCC(=O)OCC(=O)OC1(c2ccccc2)COCC1OC. The molecule has 8 heteroatoms. The van der Waals surface area contributed by atoms with Crippen LogP contribution in [0.3, 0.4) is 0 Å². The van der Waals surface area contributed by atoms with Crippen LogP contribution in [0.2, 0.25) is 0 Å². The molecule has 146 valence electrons. The van der Waals surface area contributed by atoms with Gasteiger partial charge in [-0.25, -0.2) is 14.4 Å². The summed E-state index contributed by atoms with van der Waals surface area (Å²) in [6, 6.07) is 9.07. The van der Waals surface area contributed by atoms with Crippen LogP contribution in [0, 0.1) is 0 Å². The molecule has 0 bridgehead atoms. The van der Waals surface area contributed by atoms with Crippen LogP contribution in [0.5, 0.6) is 0 Å². The first-order chi connectivity index (χ1) is 12.9. The van der Waals surface area contributed by atoms with Gasteiger partial charge in [-0.3, -0.25) is 0 Å². The first kappa shape index (κ1) is 20.6. The molecule has 2 rings (SSSR count). The maximum atomic E-state index is 12.3. The number of carbonyl (C=O) groups excluding carboxylic acids is 3. The smallest absolute Gasteiger partial charge is 0.345 e. The maximum Gasteiger partial charge on any atom is 0.345 e. The number of hydrogen-bond donors (Lipinski definition) is 0. The van der Waals surface area contributed by atoms with Gasteiger partial charge in [0.1, 0.15) is 6.10 Å². The highest BCUT2D eigenvalue weighted by atomic mass is 16.6. The van der Waals surface area contributed by atoms with Crippen LogP contribution in [-0.2, 0) is 43.7 Å². The van der Waals surface area contributed by atoms with Gasteiger partial charge in [0, 0.05) is 18.2 Å². The van der Waals surface area contributed by atoms with E-state index in [-0.39, 0.29) is 18.8 Å². The molecule has 0 radical (unpaired) electrons. The largest absolute Gasteiger partial charge is 0.451 e. The zero-order valence-corrected chi connectivity index (χ0v) is 15.3. The Kier molecular flexibility index (Phi) is 7.09. The van der Waals surface area contributed by atoms with Crippen molar-refractivity contribution in [2.75, 3.05) is 33.5 Å². The normalized spacial score (nSPS) is 21.3. The minimum absolute atomic E-state index is 0.116. The van der Waals surface area contributed by atoms with Gasteiger partial charge in [-0.1, -0.05) is 36.9 Å². The summed E-state index contributed by atoms with van der Waals surface area (Å²) in [7, 11) is 1.50. The number of methoxy groups -OCH3 is 1. The molecule has 0 aliphatic carbocycles. The summed E-state index contributed by atoms with van der Waals surface area (Å²) in [6.45, 7) is 3.97. The molecule has 1 heterocycles. The molecule has 0 aromatic heterocycles. The lowest BCUT2D eigenvalue weighted by Crippen LogP contribution is -2.44. The van der Waals surface area contributed by atoms with Crippen molar-refractivity contribution in [3.05, 3.63) is 48.0 Å². The van der Waals surface area contributed by atoms with Crippen molar-refractivity contribution in [1.82, 2.24) is 0 Å². The standard InChI is InChI=1S/C19H22O8/c1-13(2)18(22)26-10-16(20)25-11-17(21)27-19(12-24-9-15(19)23-3)14-7-5-4-6-8-14/h4-8,15H,1,9-12H2,2-3H3. The molecular formula is C19H22O8. The van der Waals surface area contributed by atoms with Gasteiger partial charge in [0.25, 0.3) is 0 Å². The Balaban J connectivity index is 1.96. The molecule has 2 atom stereocenters. The van der Waals surface area contributed by atoms with Gasteiger partial charge in [-0.15, -0.1) is 0 Å². The Labute approximate surface area is 157 Å². The number of esters is 3. The summed E-state index contributed by atoms with van der Waals surface area (Å²) < 4.78 is 25.9. The fourth-order valence-corrected chi connectivity index (χ4v) is 2.61. The van der Waals surface area contributed by atoms with Gasteiger partial charge in [-0.2, -0.15) is 0 Å². The van der Waals surface area contributed by atoms with Gasteiger partial charge in [0.05, 0.1) is 13.2 Å². The van der Waals surface area contributed by atoms with Gasteiger partial charge < -0.3 is 23.7 Å². The van der Waals surface area contributed by atoms with Crippen LogP contribution in [0.4, 0.5) is 0 Å². The lowest BCUT2D eigenvalue weighted by atomic mass is 9.90. The van der Waals surface area contributed by atoms with Gasteiger partial charge >= 0.3 is 17.9 Å². The summed E-state index contributed by atoms with van der Waals surface area (Å²) in [4.78, 5) is 35.1. The fraction of sp³-hybridized carbons (Fsp3) is 0.421. The van der Waals surface area contributed by atoms with E-state index in [1.165, 1.54) is 14.0 Å². The van der Waals surface area contributed by atoms with Crippen molar-refractivity contribution >= 4 is 17.9 Å². The van der Waals surface area contributed by atoms with Crippen molar-refractivity contribution < 1.29 is 38.1 Å². The van der Waals surface area contributed by atoms with Gasteiger partial charge in [-0.05, 0) is 6.92 Å². The molecule has 0 spiro atoms. The summed E-state index contributed by atoms with van der Waals surface area (Å²) in [5.74, 6) is -2.36. The molecule has 1 fully saturated rings. The van der Waals surface area contributed by atoms with Crippen LogP contribution >= 0.6 is 0 Å². The van der Waals surface area contributed by atoms with Gasteiger partial charge in [0.2, 0.25) is 0 Å². The number of benzene rings is 1. The van der Waals surface area contributed by atoms with Crippen molar-refractivity contribution in [3.63, 3.8) is 0 Å². The Morgan fingerprint density at radius 3 is 2.44 bits per heavy atom. The van der Waals surface area contributed by atoms with E-state index in [0.29, 0.717) is 5.56 Å². The molecule has 27 heavy (non-hydrogen) atoms. The minimum atomic E-state index is -1.13. The van der Waals surface area contributed by atoms with Crippen LogP contribution in [0.15, 0.2) is 42.5 Å². The van der Waals surface area contributed by atoms with Crippen LogP contribution in [0.25, 0.3) is 0 Å². The molecule has 0 amide bonds. The molecule has 1 aromatic carbocycles. The van der Waals surface area contributed by atoms with Gasteiger partial charge in [0.15, 0.2) is 18.8 Å². The van der Waals surface area contributed by atoms with E-state index in [9.17, 15) is 14.4 Å². The van der Waals surface area contributed by atoms with Crippen LogP contribution in [-0.4, -0.2) is 57.5 Å². The third-order valence-electron chi connectivity index (χ3n) is 3.97. The molecule has 2 unspecified atom stereocenters. The predicted octanol–water partition coefficient (Wildman–Crippen LogP) is 1.13. The number of hydrogen-bond acceptors (Lipinski definition) is 8. The average Bonchev–Trinajstić information content (AvgIpc) is 3.08. The minimum Gasteiger partial charge on any atom is -0.451 e. The van der Waals surface area contributed by atoms with Crippen LogP contribution < -0.4 is 0 Å². The quantitative estimate of drug-likeness (QED) is 0.377. The van der Waals surface area contributed by atoms with E-state index in [4.69, 9.17) is 18.9 Å². The van der Waals surface area contributed by atoms with E-state index < -0.39 is 42.8 Å². The topological polar surface area (TPSA) is 97.4 Å². The second-order valence-electron chi connectivity index (χ2n) is 5.99. The molecular weight excluding hydrogens is 356 g/mol. The molecule has 1 aliphatic rings. The summed E-state index contributed by atoms with van der Waals surface area (Å²) in [5, 5.41) is 0. The van der Waals surface area contributed by atoms with Crippen molar-refractivity contribution in [3.8, 4) is 0 Å². The Bertz CT molecular complexity index is 699. The third kappa shape index (κ3) is 5.15. The zero-order valence-electron chi connectivity index (χ0n) is 15.3. The van der Waals surface area contributed by atoms with Crippen molar-refractivity contribution in [2.24, 2.45) is 0 Å². The lowest BCUT2D eigenvalue weighted by Gasteiger charge is -2.32. The monoisotopic (exact) mass is 378 g/mol. The third-order valence-corrected chi connectivity index (χ3v) is 3.97. The van der Waals surface area contributed by atoms with E-state index in [1.807, 2.05) is 18.2 Å². The second kappa shape index (κ2) is 9.29. The highest BCUT2D eigenvalue weighted by Crippen LogP contribution is 2.36. The average molecular weight is 378 g/mol. The predicted molar refractivity (Wildman–Crippen MR) is 92.6 cm³/mol. The number of ether oxygens (including phenoxy) is 5. The summed E-state index contributed by atoms with van der Waals surface area (Å²) in [6.07, 6.45) is -0.504. The van der Waals surface area contributed by atoms with Crippen molar-refractivity contribution in [1.29, 1.82) is 0 Å². The first-order valence-corrected chi connectivity index (χ1v) is 8.25. The van der Waals surface area contributed by atoms with E-state index in [2.05, 4.69) is 11.3 Å². The molecule has 0 N–H and O–H groups in total. The second-order valence-corrected chi connectivity index (χ2v) is 5.99. The number of carbonyl (C=O) groups is 3. The fourth-order valence-electron chi connectivity index (χ4n) is 2.61. The van der Waals surface area contributed by atoms with Crippen LogP contribution in [0.1, 0.15) is 12.5 Å². The Morgan fingerprint density at radius 2 is 1.81 bits per heavy atom. The molecule has 0 saturated carbocycles. The first-order valence-electron chi connectivity index (χ1n) is 8.25. The summed E-state index contributed by atoms with van der Waals surface area (Å²) >= 11 is 0. The van der Waals surface area contributed by atoms with Crippen molar-refractivity contribution in [2.45, 2.75) is 18.6 Å². The Morgan fingerprint density at radius 1 is 1.15 bits per heavy atom. The Hall–Kier alpha value is -2.71. The zero-order chi connectivity index (χ0) is 19.9. The highest BCUT2D eigenvalue weighted by molar-refractivity contribution is 5.88. The summed E-state index contributed by atoms with van der Waals surface area (Å²) in [5.41, 5.74) is -0.269. The highest BCUT2D eigenvalue weighted by Gasteiger charge is 2.49. The molecule has 1 aliphatic heterocycles. The molecule has 1 saturated heterocycles. The van der Waals surface area contributed by atoms with E-state index >= 15 is 0 Å². The molecule has 8 nitrogen and oxygen atoms in total. The lowest BCUT2D eigenvalue weighted by molar-refractivity contribution is -0.181. The van der Waals surface area contributed by atoms with E-state index in [0.717, 1.165) is 0 Å². The maximum absolute atomic E-state index is 12.3. The number of rotatable bonds is 8. The van der Waals surface area contributed by atoms with E-state index in [1.54, 1.807) is 12.1 Å². The molecule has 1 aromatic rings.